The van der Waals surface area contributed by atoms with E-state index in [2.05, 4.69) is 4.74 Å². The molecular weight excluding hydrogens is 324 g/mol. The topological polar surface area (TPSA) is 26.3 Å². The zero-order chi connectivity index (χ0) is 16.3. The third kappa shape index (κ3) is 3.98. The minimum absolute atomic E-state index is 0.0680. The molecule has 0 bridgehead atoms. The van der Waals surface area contributed by atoms with Crippen LogP contribution in [-0.2, 0) is 0 Å². The average Bonchev–Trinajstić information content (AvgIpc) is 2.47. The highest BCUT2D eigenvalue weighted by Gasteiger charge is 2.28. The summed E-state index contributed by atoms with van der Waals surface area (Å²) >= 11 is 5.58. The van der Waals surface area contributed by atoms with Crippen LogP contribution in [0.2, 0.25) is 5.02 Å². The number of rotatable bonds is 4. The Morgan fingerprint density at radius 1 is 1.14 bits per heavy atom. The molecule has 0 radical (unpaired) electrons. The Balaban J connectivity index is 2.33. The van der Waals surface area contributed by atoms with Crippen molar-refractivity contribution >= 4 is 17.9 Å². The number of hydrogen-bond donors (Lipinski definition) is 0. The van der Waals surface area contributed by atoms with Gasteiger partial charge in [0.25, 0.3) is 0 Å². The van der Waals surface area contributed by atoms with Crippen LogP contribution in [-0.4, -0.2) is 19.1 Å². The summed E-state index contributed by atoms with van der Waals surface area (Å²) in [5.74, 6) is -0.758. The first-order valence-corrected chi connectivity index (χ1v) is 6.42. The van der Waals surface area contributed by atoms with Crippen molar-refractivity contribution in [1.29, 1.82) is 0 Å². The molecule has 0 atom stereocenters. The Labute approximate surface area is 128 Å². The summed E-state index contributed by atoms with van der Waals surface area (Å²) in [4.78, 5) is 11.1. The number of carbonyl (C=O) groups is 1. The molecule has 0 N–H and O–H groups in total. The lowest BCUT2D eigenvalue weighted by Gasteiger charge is -2.11. The number of ether oxygens (including phenoxy) is 1. The third-order valence-corrected chi connectivity index (χ3v) is 3.09. The Morgan fingerprint density at radius 2 is 1.86 bits per heavy atom. The number of halogens is 5. The second-order valence-corrected chi connectivity index (χ2v) is 4.81. The molecule has 0 heterocycles. The molecule has 0 fully saturated rings. The molecule has 0 aromatic heterocycles. The van der Waals surface area contributed by atoms with Crippen molar-refractivity contribution in [2.45, 2.75) is 6.18 Å². The predicted octanol–water partition coefficient (Wildman–Crippen LogP) is 4.90. The number of carbonyl (C=O) groups excluding carboxylic acids is 1. The van der Waals surface area contributed by atoms with Crippen molar-refractivity contribution in [1.82, 2.24) is 0 Å². The quantitative estimate of drug-likeness (QED) is 0.588. The van der Waals surface area contributed by atoms with Crippen molar-refractivity contribution in [3.05, 3.63) is 52.8 Å². The number of aldehydes is 1. The Hall–Kier alpha value is -2.08. The van der Waals surface area contributed by atoms with Crippen LogP contribution in [0.25, 0.3) is 11.1 Å². The van der Waals surface area contributed by atoms with E-state index in [1.54, 1.807) is 0 Å². The Bertz CT molecular complexity index is 698. The molecule has 116 valence electrons. The molecule has 0 aliphatic carbocycles. The fourth-order valence-corrected chi connectivity index (χ4v) is 1.94. The summed E-state index contributed by atoms with van der Waals surface area (Å²) < 4.78 is 54.3. The molecule has 0 spiro atoms. The molecule has 7 heteroatoms. The lowest BCUT2D eigenvalue weighted by Crippen LogP contribution is -2.19. The fourth-order valence-electron chi connectivity index (χ4n) is 1.82. The lowest BCUT2D eigenvalue weighted by molar-refractivity contribution is -0.153. The van der Waals surface area contributed by atoms with Gasteiger partial charge in [-0.2, -0.15) is 13.2 Å². The minimum Gasteiger partial charge on any atom is -0.484 e. The predicted molar refractivity (Wildman–Crippen MR) is 73.8 cm³/mol. The van der Waals surface area contributed by atoms with Crippen molar-refractivity contribution in [2.24, 2.45) is 0 Å². The normalized spacial score (nSPS) is 11.3. The van der Waals surface area contributed by atoms with Gasteiger partial charge in [0.2, 0.25) is 0 Å². The molecule has 2 rings (SSSR count). The van der Waals surface area contributed by atoms with Crippen LogP contribution >= 0.6 is 11.6 Å². The van der Waals surface area contributed by atoms with Gasteiger partial charge in [-0.25, -0.2) is 4.39 Å². The van der Waals surface area contributed by atoms with Gasteiger partial charge in [0.1, 0.15) is 11.6 Å². The largest absolute Gasteiger partial charge is 0.484 e. The number of hydrogen-bond acceptors (Lipinski definition) is 2. The van der Waals surface area contributed by atoms with Gasteiger partial charge < -0.3 is 4.74 Å². The van der Waals surface area contributed by atoms with Crippen LogP contribution in [0.1, 0.15) is 10.4 Å². The summed E-state index contributed by atoms with van der Waals surface area (Å²) in [6.45, 7) is -1.46. The first-order chi connectivity index (χ1) is 10.3. The minimum atomic E-state index is -4.47. The van der Waals surface area contributed by atoms with Crippen molar-refractivity contribution in [3.8, 4) is 16.9 Å². The molecule has 2 aromatic carbocycles. The van der Waals surface area contributed by atoms with Crippen molar-refractivity contribution in [3.63, 3.8) is 0 Å². The standard InChI is InChI=1S/C15H9ClF4O2/c16-13-4-1-9(6-14(13)17)12-3-2-11(5-10(12)7-21)22-8-15(18,19)20/h1-7H,8H2. The maximum atomic E-state index is 13.5. The maximum Gasteiger partial charge on any atom is 0.422 e. The van der Waals surface area contributed by atoms with E-state index in [9.17, 15) is 22.4 Å². The Kier molecular flexibility index (Phi) is 4.71. The van der Waals surface area contributed by atoms with Gasteiger partial charge in [0.15, 0.2) is 12.9 Å². The van der Waals surface area contributed by atoms with Gasteiger partial charge in [-0.3, -0.25) is 4.79 Å². The van der Waals surface area contributed by atoms with Gasteiger partial charge in [-0.05, 0) is 41.5 Å². The first-order valence-electron chi connectivity index (χ1n) is 6.04. The summed E-state index contributed by atoms with van der Waals surface area (Å²) in [6.07, 6.45) is -4.01. The van der Waals surface area contributed by atoms with Crippen molar-refractivity contribution < 1.29 is 27.1 Å². The first kappa shape index (κ1) is 16.3. The Morgan fingerprint density at radius 3 is 2.45 bits per heavy atom. The molecule has 0 saturated carbocycles. The highest BCUT2D eigenvalue weighted by Crippen LogP contribution is 2.29. The van der Waals surface area contributed by atoms with Crippen LogP contribution in [0.3, 0.4) is 0 Å². The average molecular weight is 333 g/mol. The van der Waals surface area contributed by atoms with Crippen molar-refractivity contribution in [2.75, 3.05) is 6.61 Å². The summed E-state index contributed by atoms with van der Waals surface area (Å²) in [5.41, 5.74) is 0.831. The number of alkyl halides is 3. The van der Waals surface area contributed by atoms with Gasteiger partial charge in [-0.1, -0.05) is 17.7 Å². The molecule has 22 heavy (non-hydrogen) atoms. The van der Waals surface area contributed by atoms with E-state index < -0.39 is 18.6 Å². The zero-order valence-electron chi connectivity index (χ0n) is 11.0. The second-order valence-electron chi connectivity index (χ2n) is 4.40. The van der Waals surface area contributed by atoms with Gasteiger partial charge in [-0.15, -0.1) is 0 Å². The molecule has 0 aliphatic rings. The molecule has 2 aromatic rings. The molecule has 0 saturated heterocycles. The van der Waals surface area contributed by atoms with E-state index in [-0.39, 0.29) is 16.3 Å². The molecule has 0 aliphatic heterocycles. The van der Waals surface area contributed by atoms with E-state index in [0.717, 1.165) is 6.07 Å². The molecule has 0 unspecified atom stereocenters. The van der Waals surface area contributed by atoms with Gasteiger partial charge in [0.05, 0.1) is 5.02 Å². The highest BCUT2D eigenvalue weighted by molar-refractivity contribution is 6.30. The summed E-state index contributed by atoms with van der Waals surface area (Å²) in [5, 5.41) is -0.0680. The van der Waals surface area contributed by atoms with Crippen LogP contribution in [0, 0.1) is 5.82 Å². The SMILES string of the molecule is O=Cc1cc(OCC(F)(F)F)ccc1-c1ccc(Cl)c(F)c1. The van der Waals surface area contributed by atoms with E-state index in [1.807, 2.05) is 0 Å². The molecule has 0 amide bonds. The summed E-state index contributed by atoms with van der Waals surface area (Å²) in [7, 11) is 0. The van der Waals surface area contributed by atoms with Crippen LogP contribution in [0.5, 0.6) is 5.75 Å². The fraction of sp³-hybridized carbons (Fsp3) is 0.133. The van der Waals surface area contributed by atoms with E-state index >= 15 is 0 Å². The van der Waals surface area contributed by atoms with Crippen LogP contribution < -0.4 is 4.74 Å². The van der Waals surface area contributed by atoms with E-state index in [4.69, 9.17) is 11.6 Å². The van der Waals surface area contributed by atoms with Gasteiger partial charge >= 0.3 is 6.18 Å². The number of benzene rings is 2. The second kappa shape index (κ2) is 6.36. The maximum absolute atomic E-state index is 13.5. The smallest absolute Gasteiger partial charge is 0.422 e. The van der Waals surface area contributed by atoms with Crippen LogP contribution in [0.4, 0.5) is 17.6 Å². The third-order valence-electron chi connectivity index (χ3n) is 2.78. The monoisotopic (exact) mass is 332 g/mol. The van der Waals surface area contributed by atoms with Gasteiger partial charge in [0, 0.05) is 5.56 Å². The van der Waals surface area contributed by atoms with Crippen LogP contribution in [0.15, 0.2) is 36.4 Å². The summed E-state index contributed by atoms with van der Waals surface area (Å²) in [6, 6.07) is 7.80. The molecule has 2 nitrogen and oxygen atoms in total. The highest BCUT2D eigenvalue weighted by atomic mass is 35.5. The lowest BCUT2D eigenvalue weighted by atomic mass is 10.00. The van der Waals surface area contributed by atoms with E-state index in [0.29, 0.717) is 17.4 Å². The zero-order valence-corrected chi connectivity index (χ0v) is 11.7. The molecular formula is C15H9ClF4O2. The van der Waals surface area contributed by atoms with E-state index in [1.165, 1.54) is 30.3 Å².